The first-order valence-electron chi connectivity index (χ1n) is 6.14. The minimum atomic E-state index is -3.41. The summed E-state index contributed by atoms with van der Waals surface area (Å²) in [5.41, 5.74) is 0. The van der Waals surface area contributed by atoms with Gasteiger partial charge in [-0.3, -0.25) is 0 Å². The predicted octanol–water partition coefficient (Wildman–Crippen LogP) is 1.98. The van der Waals surface area contributed by atoms with Crippen LogP contribution in [0.15, 0.2) is 45.7 Å². The molecule has 0 aliphatic rings. The monoisotopic (exact) mass is 295 g/mol. The summed E-state index contributed by atoms with van der Waals surface area (Å²) < 4.78 is 35.0. The molecule has 0 saturated heterocycles. The van der Waals surface area contributed by atoms with Gasteiger partial charge in [-0.25, -0.2) is 8.42 Å². The number of furan rings is 1. The summed E-state index contributed by atoms with van der Waals surface area (Å²) in [5.74, 6) is 1.63. The van der Waals surface area contributed by atoms with E-state index in [9.17, 15) is 8.42 Å². The quantitative estimate of drug-likeness (QED) is 0.882. The van der Waals surface area contributed by atoms with Crippen LogP contribution in [0.5, 0.6) is 5.75 Å². The lowest BCUT2D eigenvalue weighted by atomic mass is 10.3. The maximum atomic E-state index is 12.3. The van der Waals surface area contributed by atoms with E-state index in [2.05, 4.69) is 5.32 Å². The van der Waals surface area contributed by atoms with Crippen LogP contribution in [-0.4, -0.2) is 22.6 Å². The van der Waals surface area contributed by atoms with Gasteiger partial charge < -0.3 is 14.5 Å². The summed E-state index contributed by atoms with van der Waals surface area (Å²) in [6.45, 7) is 0.572. The number of ether oxygens (including phenoxy) is 1. The molecule has 1 heterocycles. The highest BCUT2D eigenvalue weighted by Crippen LogP contribution is 2.20. The van der Waals surface area contributed by atoms with Crippen molar-refractivity contribution < 1.29 is 17.6 Å². The molecular formula is C14H17NO4S. The van der Waals surface area contributed by atoms with Crippen LogP contribution in [0, 0.1) is 0 Å². The Morgan fingerprint density at radius 1 is 1.10 bits per heavy atom. The molecule has 20 heavy (non-hydrogen) atoms. The lowest BCUT2D eigenvalue weighted by Gasteiger charge is -2.04. The highest BCUT2D eigenvalue weighted by molar-refractivity contribution is 7.90. The molecule has 0 fully saturated rings. The van der Waals surface area contributed by atoms with Crippen LogP contribution in [0.3, 0.4) is 0 Å². The van der Waals surface area contributed by atoms with Crippen molar-refractivity contribution >= 4 is 9.84 Å². The fraction of sp³-hybridized carbons (Fsp3) is 0.286. The second kappa shape index (κ2) is 6.11. The molecule has 6 heteroatoms. The van der Waals surface area contributed by atoms with E-state index < -0.39 is 9.84 Å². The number of methoxy groups -OCH3 is 1. The average molecular weight is 295 g/mol. The van der Waals surface area contributed by atoms with Crippen molar-refractivity contribution in [1.29, 1.82) is 0 Å². The molecule has 5 nitrogen and oxygen atoms in total. The van der Waals surface area contributed by atoms with Crippen molar-refractivity contribution in [1.82, 2.24) is 5.32 Å². The molecule has 0 radical (unpaired) electrons. The topological polar surface area (TPSA) is 68.5 Å². The Morgan fingerprint density at radius 2 is 1.75 bits per heavy atom. The van der Waals surface area contributed by atoms with Crippen LogP contribution in [0.25, 0.3) is 0 Å². The molecule has 0 aliphatic heterocycles. The number of sulfone groups is 1. The van der Waals surface area contributed by atoms with Gasteiger partial charge in [-0.15, -0.1) is 0 Å². The Hall–Kier alpha value is -1.79. The molecule has 0 aliphatic carbocycles. The molecule has 108 valence electrons. The van der Waals surface area contributed by atoms with Gasteiger partial charge in [-0.05, 0) is 43.4 Å². The lowest BCUT2D eigenvalue weighted by molar-refractivity contribution is 0.414. The number of benzene rings is 1. The molecule has 0 saturated carbocycles. The summed E-state index contributed by atoms with van der Waals surface area (Å²) in [6, 6.07) is 9.78. The third-order valence-electron chi connectivity index (χ3n) is 2.82. The second-order valence-corrected chi connectivity index (χ2v) is 6.32. The summed E-state index contributed by atoms with van der Waals surface area (Å²) in [6.07, 6.45) is 0. The maximum Gasteiger partial charge on any atom is 0.185 e. The fourth-order valence-electron chi connectivity index (χ4n) is 1.82. The first kappa shape index (κ1) is 14.6. The Labute approximate surface area is 118 Å². The number of rotatable bonds is 6. The van der Waals surface area contributed by atoms with Gasteiger partial charge in [0.1, 0.15) is 23.0 Å². The third kappa shape index (κ3) is 3.40. The summed E-state index contributed by atoms with van der Waals surface area (Å²) >= 11 is 0. The average Bonchev–Trinajstić information content (AvgIpc) is 2.86. The Bertz CT molecular complexity index is 659. The molecule has 2 aromatic rings. The SMILES string of the molecule is CNCc1ccc(CS(=O)(=O)c2ccc(OC)cc2)o1. The van der Waals surface area contributed by atoms with Crippen LogP contribution in [-0.2, 0) is 22.1 Å². The highest BCUT2D eigenvalue weighted by atomic mass is 32.2. The van der Waals surface area contributed by atoms with Gasteiger partial charge in [0, 0.05) is 0 Å². The smallest absolute Gasteiger partial charge is 0.185 e. The molecule has 0 spiro atoms. The first-order chi connectivity index (χ1) is 9.55. The van der Waals surface area contributed by atoms with E-state index in [1.54, 1.807) is 31.3 Å². The minimum absolute atomic E-state index is 0.150. The van der Waals surface area contributed by atoms with Crippen LogP contribution >= 0.6 is 0 Å². The molecule has 1 aromatic heterocycles. The summed E-state index contributed by atoms with van der Waals surface area (Å²) in [4.78, 5) is 0.255. The third-order valence-corrected chi connectivity index (χ3v) is 4.47. The molecular weight excluding hydrogens is 278 g/mol. The lowest BCUT2D eigenvalue weighted by Crippen LogP contribution is -2.05. The van der Waals surface area contributed by atoms with Gasteiger partial charge >= 0.3 is 0 Å². The van der Waals surface area contributed by atoms with E-state index in [0.29, 0.717) is 23.8 Å². The Balaban J connectivity index is 2.16. The maximum absolute atomic E-state index is 12.3. The van der Waals surface area contributed by atoms with Crippen molar-refractivity contribution in [3.8, 4) is 5.75 Å². The zero-order valence-corrected chi connectivity index (χ0v) is 12.2. The molecule has 1 N–H and O–H groups in total. The van der Waals surface area contributed by atoms with Gasteiger partial charge in [-0.1, -0.05) is 0 Å². The van der Waals surface area contributed by atoms with Crippen molar-refractivity contribution in [3.05, 3.63) is 47.9 Å². The standard InChI is InChI=1S/C14H17NO4S/c1-15-9-12-3-4-13(19-12)10-20(16,17)14-7-5-11(18-2)6-8-14/h3-8,15H,9-10H2,1-2H3. The van der Waals surface area contributed by atoms with Gasteiger partial charge in [0.15, 0.2) is 9.84 Å². The fourth-order valence-corrected chi connectivity index (χ4v) is 3.07. The molecule has 0 amide bonds. The van der Waals surface area contributed by atoms with E-state index in [1.165, 1.54) is 19.2 Å². The number of hydrogen-bond acceptors (Lipinski definition) is 5. The van der Waals surface area contributed by atoms with Gasteiger partial charge in [0.25, 0.3) is 0 Å². The normalized spacial score (nSPS) is 11.5. The van der Waals surface area contributed by atoms with Crippen molar-refractivity contribution in [3.63, 3.8) is 0 Å². The Morgan fingerprint density at radius 3 is 2.35 bits per heavy atom. The van der Waals surface area contributed by atoms with E-state index in [1.807, 2.05) is 0 Å². The van der Waals surface area contributed by atoms with Crippen LogP contribution < -0.4 is 10.1 Å². The zero-order chi connectivity index (χ0) is 14.6. The number of nitrogens with one attached hydrogen (secondary N) is 1. The van der Waals surface area contributed by atoms with Crippen LogP contribution in [0.2, 0.25) is 0 Å². The largest absolute Gasteiger partial charge is 0.497 e. The van der Waals surface area contributed by atoms with Gasteiger partial charge in [0.2, 0.25) is 0 Å². The van der Waals surface area contributed by atoms with E-state index in [-0.39, 0.29) is 10.6 Å². The van der Waals surface area contributed by atoms with Gasteiger partial charge in [-0.2, -0.15) is 0 Å². The van der Waals surface area contributed by atoms with Crippen molar-refractivity contribution in [2.24, 2.45) is 0 Å². The summed E-state index contributed by atoms with van der Waals surface area (Å²) in [7, 11) is -0.0704. The molecule has 0 bridgehead atoms. The molecule has 0 atom stereocenters. The first-order valence-corrected chi connectivity index (χ1v) is 7.79. The highest BCUT2D eigenvalue weighted by Gasteiger charge is 2.17. The second-order valence-electron chi connectivity index (χ2n) is 4.33. The predicted molar refractivity (Wildman–Crippen MR) is 75.4 cm³/mol. The summed E-state index contributed by atoms with van der Waals surface area (Å²) in [5, 5.41) is 2.95. The zero-order valence-electron chi connectivity index (χ0n) is 11.4. The van der Waals surface area contributed by atoms with Gasteiger partial charge in [0.05, 0.1) is 18.6 Å². The van der Waals surface area contributed by atoms with Crippen LogP contribution in [0.1, 0.15) is 11.5 Å². The van der Waals surface area contributed by atoms with Crippen molar-refractivity contribution in [2.75, 3.05) is 14.2 Å². The number of hydrogen-bond donors (Lipinski definition) is 1. The van der Waals surface area contributed by atoms with Crippen molar-refractivity contribution in [2.45, 2.75) is 17.2 Å². The van der Waals surface area contributed by atoms with Crippen LogP contribution in [0.4, 0.5) is 0 Å². The molecule has 0 unspecified atom stereocenters. The minimum Gasteiger partial charge on any atom is -0.497 e. The van der Waals surface area contributed by atoms with E-state index >= 15 is 0 Å². The van der Waals surface area contributed by atoms with E-state index in [4.69, 9.17) is 9.15 Å². The Kier molecular flexibility index (Phi) is 4.46. The molecule has 2 rings (SSSR count). The van der Waals surface area contributed by atoms with E-state index in [0.717, 1.165) is 0 Å². The molecule has 1 aromatic carbocycles.